The van der Waals surface area contributed by atoms with Crippen molar-refractivity contribution in [3.05, 3.63) is 59.9 Å². The number of aromatic nitrogens is 1. The molecular formula is C16H17BrN2O2. The zero-order chi connectivity index (χ0) is 15.3. The number of rotatable bonds is 5. The second-order valence-corrected chi connectivity index (χ2v) is 5.42. The highest BCUT2D eigenvalue weighted by molar-refractivity contribution is 9.09. The highest BCUT2D eigenvalue weighted by atomic mass is 79.9. The van der Waals surface area contributed by atoms with E-state index in [0.717, 1.165) is 5.56 Å². The highest BCUT2D eigenvalue weighted by Gasteiger charge is 2.28. The van der Waals surface area contributed by atoms with Crippen molar-refractivity contribution in [3.8, 4) is 5.75 Å². The zero-order valence-electron chi connectivity index (χ0n) is 12.0. The molecule has 1 atom stereocenters. The van der Waals surface area contributed by atoms with Crippen LogP contribution in [0.5, 0.6) is 5.75 Å². The first kappa shape index (κ1) is 15.5. The van der Waals surface area contributed by atoms with Crippen molar-refractivity contribution in [1.82, 2.24) is 10.3 Å². The number of carbonyl (C=O) groups excluding carboxylic acids is 1. The van der Waals surface area contributed by atoms with Crippen LogP contribution in [-0.4, -0.2) is 23.3 Å². The lowest BCUT2D eigenvalue weighted by Gasteiger charge is -2.29. The third kappa shape index (κ3) is 3.42. The number of ether oxygens (including phenoxy) is 1. The maximum atomic E-state index is 12.5. The number of hydrogen-bond acceptors (Lipinski definition) is 3. The Bertz CT molecular complexity index is 619. The van der Waals surface area contributed by atoms with Crippen molar-refractivity contribution in [3.63, 3.8) is 0 Å². The van der Waals surface area contributed by atoms with Gasteiger partial charge in [-0.3, -0.25) is 9.78 Å². The number of hydrogen-bond donors (Lipinski definition) is 1. The Morgan fingerprint density at radius 2 is 2.05 bits per heavy atom. The average molecular weight is 349 g/mol. The molecule has 5 heteroatoms. The molecule has 1 heterocycles. The average Bonchev–Trinajstić information content (AvgIpc) is 2.55. The minimum Gasteiger partial charge on any atom is -0.494 e. The molecule has 0 saturated heterocycles. The summed E-state index contributed by atoms with van der Waals surface area (Å²) in [5.41, 5.74) is 0.992. The smallest absolute Gasteiger partial charge is 0.255 e. The molecule has 1 aromatic carbocycles. The van der Waals surface area contributed by atoms with Gasteiger partial charge >= 0.3 is 0 Å². The van der Waals surface area contributed by atoms with Gasteiger partial charge in [-0.05, 0) is 18.6 Å². The number of carbonyl (C=O) groups is 1. The van der Waals surface area contributed by atoms with Crippen molar-refractivity contribution in [2.24, 2.45) is 0 Å². The zero-order valence-corrected chi connectivity index (χ0v) is 13.6. The first-order valence-corrected chi connectivity index (χ1v) is 7.65. The molecular weight excluding hydrogens is 332 g/mol. The van der Waals surface area contributed by atoms with Crippen LogP contribution in [0.2, 0.25) is 0 Å². The number of alkyl halides is 1. The van der Waals surface area contributed by atoms with E-state index in [2.05, 4.69) is 26.2 Å². The largest absolute Gasteiger partial charge is 0.494 e. The van der Waals surface area contributed by atoms with Gasteiger partial charge in [-0.1, -0.05) is 46.3 Å². The summed E-state index contributed by atoms with van der Waals surface area (Å²) in [4.78, 5) is 16.5. The molecule has 0 aliphatic rings. The summed E-state index contributed by atoms with van der Waals surface area (Å²) in [6.45, 7) is 1.97. The van der Waals surface area contributed by atoms with Gasteiger partial charge in [0.1, 0.15) is 5.75 Å². The molecule has 0 saturated carbocycles. The summed E-state index contributed by atoms with van der Waals surface area (Å²) >= 11 is 3.49. The maximum absolute atomic E-state index is 12.5. The maximum Gasteiger partial charge on any atom is 0.255 e. The van der Waals surface area contributed by atoms with Crippen molar-refractivity contribution in [2.75, 3.05) is 12.4 Å². The normalized spacial score (nSPS) is 13.3. The third-order valence-electron chi connectivity index (χ3n) is 3.32. The van der Waals surface area contributed by atoms with Gasteiger partial charge in [-0.15, -0.1) is 0 Å². The molecule has 2 rings (SSSR count). The van der Waals surface area contributed by atoms with Crippen LogP contribution in [0.3, 0.4) is 0 Å². The van der Waals surface area contributed by atoms with E-state index in [1.165, 1.54) is 13.3 Å². The van der Waals surface area contributed by atoms with Gasteiger partial charge in [-0.2, -0.15) is 0 Å². The summed E-state index contributed by atoms with van der Waals surface area (Å²) in [7, 11) is 1.52. The summed E-state index contributed by atoms with van der Waals surface area (Å²) in [5, 5.41) is 3.66. The predicted molar refractivity (Wildman–Crippen MR) is 85.8 cm³/mol. The molecule has 0 spiro atoms. The van der Waals surface area contributed by atoms with Gasteiger partial charge < -0.3 is 10.1 Å². The van der Waals surface area contributed by atoms with Crippen molar-refractivity contribution in [2.45, 2.75) is 12.5 Å². The van der Waals surface area contributed by atoms with Crippen LogP contribution in [-0.2, 0) is 5.54 Å². The number of amides is 1. The number of nitrogens with one attached hydrogen (secondary N) is 1. The fraction of sp³-hybridized carbons (Fsp3) is 0.250. The van der Waals surface area contributed by atoms with E-state index >= 15 is 0 Å². The van der Waals surface area contributed by atoms with Crippen molar-refractivity contribution < 1.29 is 9.53 Å². The quantitative estimate of drug-likeness (QED) is 0.844. The Balaban J connectivity index is 2.28. The number of nitrogens with zero attached hydrogens (tertiary/aromatic N) is 1. The molecule has 1 unspecified atom stereocenters. The summed E-state index contributed by atoms with van der Waals surface area (Å²) < 4.78 is 5.19. The van der Waals surface area contributed by atoms with Gasteiger partial charge in [0.05, 0.1) is 24.4 Å². The summed E-state index contributed by atoms with van der Waals surface area (Å²) in [6.07, 6.45) is 3.11. The molecule has 1 amide bonds. The number of halogens is 1. The minimum atomic E-state index is -0.507. The van der Waals surface area contributed by atoms with Crippen LogP contribution in [0.1, 0.15) is 22.8 Å². The molecule has 0 bridgehead atoms. The first-order chi connectivity index (χ1) is 10.1. The standard InChI is InChI=1S/C16H17BrN2O2/c1-16(11-17,12-6-4-3-5-7-12)19-15(20)13-8-9-18-10-14(13)21-2/h3-10H,11H2,1-2H3,(H,19,20). The van der Waals surface area contributed by atoms with E-state index in [1.54, 1.807) is 12.3 Å². The van der Waals surface area contributed by atoms with E-state index in [0.29, 0.717) is 16.6 Å². The Morgan fingerprint density at radius 3 is 2.67 bits per heavy atom. The number of pyridine rings is 1. The van der Waals surface area contributed by atoms with E-state index in [4.69, 9.17) is 4.74 Å². The van der Waals surface area contributed by atoms with E-state index < -0.39 is 5.54 Å². The van der Waals surface area contributed by atoms with Crippen LogP contribution in [0.25, 0.3) is 0 Å². The summed E-state index contributed by atoms with van der Waals surface area (Å²) in [6, 6.07) is 11.5. The van der Waals surface area contributed by atoms with E-state index in [-0.39, 0.29) is 5.91 Å². The number of benzene rings is 1. The van der Waals surface area contributed by atoms with Crippen LogP contribution in [0.4, 0.5) is 0 Å². The van der Waals surface area contributed by atoms with E-state index in [1.807, 2.05) is 37.3 Å². The van der Waals surface area contributed by atoms with Gasteiger partial charge in [0, 0.05) is 11.5 Å². The second-order valence-electron chi connectivity index (χ2n) is 4.86. The first-order valence-electron chi connectivity index (χ1n) is 6.53. The molecule has 0 aliphatic carbocycles. The third-order valence-corrected chi connectivity index (χ3v) is 4.44. The molecule has 1 N–H and O–H groups in total. The minimum absolute atomic E-state index is 0.194. The highest BCUT2D eigenvalue weighted by Crippen LogP contribution is 2.25. The predicted octanol–water partition coefficient (Wildman–Crippen LogP) is 3.13. The fourth-order valence-electron chi connectivity index (χ4n) is 2.04. The lowest BCUT2D eigenvalue weighted by molar-refractivity contribution is 0.0911. The molecule has 0 fully saturated rings. The molecule has 0 radical (unpaired) electrons. The lowest BCUT2D eigenvalue weighted by Crippen LogP contribution is -2.45. The molecule has 21 heavy (non-hydrogen) atoms. The van der Waals surface area contributed by atoms with Gasteiger partial charge in [0.2, 0.25) is 0 Å². The van der Waals surface area contributed by atoms with Crippen LogP contribution in [0.15, 0.2) is 48.8 Å². The van der Waals surface area contributed by atoms with Crippen molar-refractivity contribution >= 4 is 21.8 Å². The molecule has 1 aromatic heterocycles. The monoisotopic (exact) mass is 348 g/mol. The Labute approximate surface area is 132 Å². The Morgan fingerprint density at radius 1 is 1.33 bits per heavy atom. The summed E-state index contributed by atoms with van der Waals surface area (Å²) in [5.74, 6) is 0.264. The molecule has 110 valence electrons. The van der Waals surface area contributed by atoms with Gasteiger partial charge in [0.15, 0.2) is 0 Å². The lowest BCUT2D eigenvalue weighted by atomic mass is 9.94. The second kappa shape index (κ2) is 6.72. The van der Waals surface area contributed by atoms with Crippen LogP contribution in [0, 0.1) is 0 Å². The fourth-order valence-corrected chi connectivity index (χ4v) is 2.50. The van der Waals surface area contributed by atoms with Crippen molar-refractivity contribution in [1.29, 1.82) is 0 Å². The van der Waals surface area contributed by atoms with Crippen LogP contribution >= 0.6 is 15.9 Å². The molecule has 4 nitrogen and oxygen atoms in total. The molecule has 2 aromatic rings. The van der Waals surface area contributed by atoms with Gasteiger partial charge in [-0.25, -0.2) is 0 Å². The van der Waals surface area contributed by atoms with Crippen LogP contribution < -0.4 is 10.1 Å². The Kier molecular flexibility index (Phi) is 4.96. The van der Waals surface area contributed by atoms with Gasteiger partial charge in [0.25, 0.3) is 5.91 Å². The topological polar surface area (TPSA) is 51.2 Å². The SMILES string of the molecule is COc1cnccc1C(=O)NC(C)(CBr)c1ccccc1. The Hall–Kier alpha value is -1.88. The number of methoxy groups -OCH3 is 1. The molecule has 0 aliphatic heterocycles. The van der Waals surface area contributed by atoms with E-state index in [9.17, 15) is 4.79 Å².